The van der Waals surface area contributed by atoms with Crippen molar-refractivity contribution in [3.8, 4) is 5.75 Å². The highest BCUT2D eigenvalue weighted by molar-refractivity contribution is 5.60. The number of phenolic OH excluding ortho intramolecular Hbond substituents is 1. The van der Waals surface area contributed by atoms with Gasteiger partial charge in [-0.15, -0.1) is 0 Å². The lowest BCUT2D eigenvalue weighted by molar-refractivity contribution is 0.475. The van der Waals surface area contributed by atoms with E-state index < -0.39 is 0 Å². The Hall–Kier alpha value is -1.22. The molecule has 3 heteroatoms. The summed E-state index contributed by atoms with van der Waals surface area (Å²) in [5.74, 6) is 0.363. The van der Waals surface area contributed by atoms with Crippen molar-refractivity contribution in [1.82, 2.24) is 5.32 Å². The van der Waals surface area contributed by atoms with Crippen LogP contribution >= 0.6 is 0 Å². The molecule has 0 aromatic heterocycles. The van der Waals surface area contributed by atoms with Gasteiger partial charge in [0.25, 0.3) is 0 Å². The first-order valence-corrected chi connectivity index (χ1v) is 4.91. The fourth-order valence-electron chi connectivity index (χ4n) is 2.11. The van der Waals surface area contributed by atoms with E-state index in [-0.39, 0.29) is 0 Å². The van der Waals surface area contributed by atoms with Gasteiger partial charge >= 0.3 is 0 Å². The number of likely N-dealkylation sites (N-methyl/N-ethyl adjacent to an activating group) is 2. The van der Waals surface area contributed by atoms with Crippen molar-refractivity contribution in [3.63, 3.8) is 0 Å². The molecule has 1 aliphatic rings. The second kappa shape index (κ2) is 3.50. The Morgan fingerprint density at radius 2 is 2.36 bits per heavy atom. The molecule has 1 aromatic rings. The predicted octanol–water partition coefficient (Wildman–Crippen LogP) is 0.972. The van der Waals surface area contributed by atoms with Crippen LogP contribution in [0.15, 0.2) is 18.2 Å². The maximum Gasteiger partial charge on any atom is 0.116 e. The third-order valence-electron chi connectivity index (χ3n) is 2.89. The summed E-state index contributed by atoms with van der Waals surface area (Å²) in [6.45, 7) is 0.978. The maximum absolute atomic E-state index is 9.36. The molecule has 0 aliphatic carbocycles. The lowest BCUT2D eigenvalue weighted by Gasteiger charge is -2.22. The van der Waals surface area contributed by atoms with Gasteiger partial charge in [0.1, 0.15) is 5.75 Å². The van der Waals surface area contributed by atoms with Gasteiger partial charge in [0, 0.05) is 25.3 Å². The molecule has 3 nitrogen and oxygen atoms in total. The lowest BCUT2D eigenvalue weighted by Crippen LogP contribution is -2.36. The normalized spacial score (nSPS) is 19.9. The van der Waals surface area contributed by atoms with Gasteiger partial charge in [0.15, 0.2) is 0 Å². The van der Waals surface area contributed by atoms with E-state index in [1.54, 1.807) is 6.07 Å². The predicted molar refractivity (Wildman–Crippen MR) is 57.9 cm³/mol. The number of nitrogens with one attached hydrogen (secondary N) is 1. The first-order valence-electron chi connectivity index (χ1n) is 4.91. The summed E-state index contributed by atoms with van der Waals surface area (Å²) in [4.78, 5) is 2.27. The first kappa shape index (κ1) is 9.34. The molecule has 2 N–H and O–H groups in total. The van der Waals surface area contributed by atoms with Gasteiger partial charge in [0.05, 0.1) is 0 Å². The minimum absolute atomic E-state index is 0.363. The largest absolute Gasteiger partial charge is 0.508 e. The molecule has 0 saturated carbocycles. The molecule has 0 bridgehead atoms. The van der Waals surface area contributed by atoms with Gasteiger partial charge in [-0.1, -0.05) is 0 Å². The minimum Gasteiger partial charge on any atom is -0.508 e. The Balaban J connectivity index is 2.26. The van der Waals surface area contributed by atoms with E-state index in [9.17, 15) is 5.11 Å². The highest BCUT2D eigenvalue weighted by Crippen LogP contribution is 2.32. The Labute approximate surface area is 84.4 Å². The standard InChI is InChI=1S/C11H16N2O/c1-12-7-9-5-8-6-10(14)3-4-11(8)13(9)2/h3-4,6,9,12,14H,5,7H2,1-2H3. The van der Waals surface area contributed by atoms with Crippen molar-refractivity contribution in [2.45, 2.75) is 12.5 Å². The molecule has 2 rings (SSSR count). The summed E-state index contributed by atoms with van der Waals surface area (Å²) in [6, 6.07) is 6.11. The average Bonchev–Trinajstić information content (AvgIpc) is 2.44. The molecular weight excluding hydrogens is 176 g/mol. The molecule has 1 aromatic carbocycles. The van der Waals surface area contributed by atoms with Crippen LogP contribution in [-0.2, 0) is 6.42 Å². The number of benzene rings is 1. The molecule has 0 saturated heterocycles. The topological polar surface area (TPSA) is 35.5 Å². The maximum atomic E-state index is 9.36. The fraction of sp³-hybridized carbons (Fsp3) is 0.455. The Morgan fingerprint density at radius 3 is 3.07 bits per heavy atom. The monoisotopic (exact) mass is 192 g/mol. The zero-order valence-electron chi connectivity index (χ0n) is 8.62. The van der Waals surface area contributed by atoms with Gasteiger partial charge in [-0.05, 0) is 37.2 Å². The van der Waals surface area contributed by atoms with Crippen molar-refractivity contribution in [2.75, 3.05) is 25.5 Å². The zero-order valence-corrected chi connectivity index (χ0v) is 8.62. The van der Waals surface area contributed by atoms with Crippen LogP contribution < -0.4 is 10.2 Å². The van der Waals surface area contributed by atoms with Crippen molar-refractivity contribution < 1.29 is 5.11 Å². The van der Waals surface area contributed by atoms with E-state index in [4.69, 9.17) is 0 Å². The zero-order chi connectivity index (χ0) is 10.1. The number of hydrogen-bond donors (Lipinski definition) is 2. The van der Waals surface area contributed by atoms with Crippen LogP contribution in [0, 0.1) is 0 Å². The number of rotatable bonds is 2. The minimum atomic E-state index is 0.363. The second-order valence-electron chi connectivity index (χ2n) is 3.84. The highest BCUT2D eigenvalue weighted by atomic mass is 16.3. The van der Waals surface area contributed by atoms with E-state index in [0.29, 0.717) is 11.8 Å². The number of anilines is 1. The van der Waals surface area contributed by atoms with E-state index in [1.807, 2.05) is 19.2 Å². The molecule has 1 heterocycles. The number of fused-ring (bicyclic) bond motifs is 1. The lowest BCUT2D eigenvalue weighted by atomic mass is 10.1. The van der Waals surface area contributed by atoms with Gasteiger partial charge in [-0.2, -0.15) is 0 Å². The molecule has 0 amide bonds. The summed E-state index contributed by atoms with van der Waals surface area (Å²) in [5.41, 5.74) is 2.48. The van der Waals surface area contributed by atoms with Crippen LogP contribution in [0.25, 0.3) is 0 Å². The summed E-state index contributed by atoms with van der Waals surface area (Å²) in [5, 5.41) is 12.6. The second-order valence-corrected chi connectivity index (χ2v) is 3.84. The summed E-state index contributed by atoms with van der Waals surface area (Å²) >= 11 is 0. The molecule has 1 atom stereocenters. The highest BCUT2D eigenvalue weighted by Gasteiger charge is 2.25. The van der Waals surface area contributed by atoms with Crippen LogP contribution in [0.3, 0.4) is 0 Å². The smallest absolute Gasteiger partial charge is 0.116 e. The molecule has 0 fully saturated rings. The Morgan fingerprint density at radius 1 is 1.57 bits per heavy atom. The third kappa shape index (κ3) is 1.44. The van der Waals surface area contributed by atoms with E-state index in [2.05, 4.69) is 17.3 Å². The van der Waals surface area contributed by atoms with Crippen LogP contribution in [0.4, 0.5) is 5.69 Å². The van der Waals surface area contributed by atoms with Crippen LogP contribution in [0.2, 0.25) is 0 Å². The van der Waals surface area contributed by atoms with Crippen LogP contribution in [0.5, 0.6) is 5.75 Å². The van der Waals surface area contributed by atoms with Gasteiger partial charge in [-0.25, -0.2) is 0 Å². The van der Waals surface area contributed by atoms with Crippen molar-refractivity contribution in [3.05, 3.63) is 23.8 Å². The van der Waals surface area contributed by atoms with Crippen LogP contribution in [0.1, 0.15) is 5.56 Å². The van der Waals surface area contributed by atoms with E-state index in [1.165, 1.54) is 11.3 Å². The van der Waals surface area contributed by atoms with Crippen molar-refractivity contribution in [1.29, 1.82) is 0 Å². The number of nitrogens with zero attached hydrogens (tertiary/aromatic N) is 1. The molecule has 1 unspecified atom stereocenters. The SMILES string of the molecule is CNCC1Cc2cc(O)ccc2N1C. The third-order valence-corrected chi connectivity index (χ3v) is 2.89. The van der Waals surface area contributed by atoms with E-state index >= 15 is 0 Å². The average molecular weight is 192 g/mol. The first-order chi connectivity index (χ1) is 6.72. The molecule has 0 spiro atoms. The summed E-state index contributed by atoms with van der Waals surface area (Å²) in [6.07, 6.45) is 1.01. The molecule has 1 aliphatic heterocycles. The summed E-state index contributed by atoms with van der Waals surface area (Å²) < 4.78 is 0. The molecule has 0 radical (unpaired) electrons. The Bertz CT molecular complexity index is 338. The number of phenols is 1. The quantitative estimate of drug-likeness (QED) is 0.733. The Kier molecular flexibility index (Phi) is 2.33. The van der Waals surface area contributed by atoms with E-state index in [0.717, 1.165) is 13.0 Å². The van der Waals surface area contributed by atoms with Gasteiger partial charge in [0.2, 0.25) is 0 Å². The number of aromatic hydroxyl groups is 1. The fourth-order valence-corrected chi connectivity index (χ4v) is 2.11. The van der Waals surface area contributed by atoms with Crippen molar-refractivity contribution >= 4 is 5.69 Å². The molecular formula is C11H16N2O. The molecule has 14 heavy (non-hydrogen) atoms. The number of hydrogen-bond acceptors (Lipinski definition) is 3. The van der Waals surface area contributed by atoms with Gasteiger partial charge < -0.3 is 15.3 Å². The van der Waals surface area contributed by atoms with Gasteiger partial charge in [-0.3, -0.25) is 0 Å². The van der Waals surface area contributed by atoms with Crippen molar-refractivity contribution in [2.24, 2.45) is 0 Å². The van der Waals surface area contributed by atoms with Crippen LogP contribution in [-0.4, -0.2) is 31.8 Å². The molecule has 76 valence electrons. The summed E-state index contributed by atoms with van der Waals surface area (Å²) in [7, 11) is 4.07.